The fraction of sp³-hybridized carbons (Fsp3) is 0. The van der Waals surface area contributed by atoms with E-state index in [4.69, 9.17) is 11.5 Å². The minimum atomic E-state index is 0.263. The lowest BCUT2D eigenvalue weighted by atomic mass is 10.4. The van der Waals surface area contributed by atoms with Crippen molar-refractivity contribution in [1.29, 1.82) is 0 Å². The first-order valence-corrected chi connectivity index (χ1v) is 4.68. The fourth-order valence-electron chi connectivity index (χ4n) is 0.895. The van der Waals surface area contributed by atoms with E-state index < -0.39 is 0 Å². The number of aromatic nitrogens is 3. The molecular weight excluding hydrogens is 200 g/mol. The Hall–Kier alpha value is -1.89. The second kappa shape index (κ2) is 3.46. The minimum Gasteiger partial charge on any atom is -0.393 e. The van der Waals surface area contributed by atoms with Crippen LogP contribution >= 0.6 is 11.3 Å². The van der Waals surface area contributed by atoms with Crippen LogP contribution in [0, 0.1) is 0 Å². The lowest BCUT2D eigenvalue weighted by molar-refractivity contribution is 1.18. The summed E-state index contributed by atoms with van der Waals surface area (Å²) in [5, 5.41) is 5.51. The van der Waals surface area contributed by atoms with Crippen molar-refractivity contribution in [1.82, 2.24) is 15.0 Å². The third-order valence-electron chi connectivity index (χ3n) is 1.57. The van der Waals surface area contributed by atoms with E-state index >= 15 is 0 Å². The summed E-state index contributed by atoms with van der Waals surface area (Å²) < 4.78 is 0. The van der Waals surface area contributed by atoms with E-state index in [2.05, 4.69) is 20.3 Å². The van der Waals surface area contributed by atoms with Crippen LogP contribution in [0.4, 0.5) is 22.5 Å². The van der Waals surface area contributed by atoms with Gasteiger partial charge in [0.2, 0.25) is 0 Å². The summed E-state index contributed by atoms with van der Waals surface area (Å²) in [6.45, 7) is 0. The molecule has 7 heteroatoms. The number of nitrogens with two attached hydrogens (primary N) is 2. The molecule has 6 nitrogen and oxygen atoms in total. The molecule has 2 rings (SSSR count). The summed E-state index contributed by atoms with van der Waals surface area (Å²) in [4.78, 5) is 11.7. The lowest BCUT2D eigenvalue weighted by Crippen LogP contribution is -2.04. The van der Waals surface area contributed by atoms with E-state index in [1.54, 1.807) is 6.20 Å². The minimum absolute atomic E-state index is 0.263. The van der Waals surface area contributed by atoms with Gasteiger partial charge < -0.3 is 16.8 Å². The Morgan fingerprint density at radius 1 is 1.21 bits per heavy atom. The molecule has 0 saturated heterocycles. The number of anilines is 4. The number of thiazole rings is 1. The van der Waals surface area contributed by atoms with Gasteiger partial charge in [0.15, 0.2) is 16.8 Å². The molecule has 0 fully saturated rings. The average Bonchev–Trinajstić information content (AvgIpc) is 2.66. The molecule has 0 saturated carbocycles. The van der Waals surface area contributed by atoms with Crippen LogP contribution in [0.15, 0.2) is 17.9 Å². The number of hydrogen-bond acceptors (Lipinski definition) is 7. The van der Waals surface area contributed by atoms with Gasteiger partial charge in [0.25, 0.3) is 0 Å². The van der Waals surface area contributed by atoms with Gasteiger partial charge in [0, 0.05) is 11.6 Å². The van der Waals surface area contributed by atoms with Crippen molar-refractivity contribution < 1.29 is 0 Å². The third-order valence-corrected chi connectivity index (χ3v) is 2.26. The van der Waals surface area contributed by atoms with Crippen LogP contribution < -0.4 is 16.8 Å². The van der Waals surface area contributed by atoms with Crippen LogP contribution in [0.1, 0.15) is 0 Å². The first-order valence-electron chi connectivity index (χ1n) is 3.80. The lowest BCUT2D eigenvalue weighted by Gasteiger charge is -2.05. The van der Waals surface area contributed by atoms with Gasteiger partial charge in [-0.15, -0.1) is 11.3 Å². The zero-order valence-corrected chi connectivity index (χ0v) is 7.95. The van der Waals surface area contributed by atoms with Gasteiger partial charge in [0.1, 0.15) is 12.0 Å². The maximum Gasteiger partial charge on any atom is 0.188 e. The average molecular weight is 208 g/mol. The zero-order valence-electron chi connectivity index (χ0n) is 7.14. The molecule has 0 amide bonds. The molecule has 0 bridgehead atoms. The highest BCUT2D eigenvalue weighted by atomic mass is 32.1. The molecule has 0 unspecified atom stereocenters. The van der Waals surface area contributed by atoms with Crippen molar-refractivity contribution in [2.24, 2.45) is 0 Å². The second-order valence-electron chi connectivity index (χ2n) is 2.48. The van der Waals surface area contributed by atoms with Crippen LogP contribution in [0.5, 0.6) is 0 Å². The van der Waals surface area contributed by atoms with Gasteiger partial charge >= 0.3 is 0 Å². The van der Waals surface area contributed by atoms with E-state index in [9.17, 15) is 0 Å². The molecule has 0 atom stereocenters. The number of nitrogens with zero attached hydrogens (tertiary/aromatic N) is 3. The SMILES string of the molecule is Nc1ncnc(Nc2nccs2)c1N. The van der Waals surface area contributed by atoms with Crippen molar-refractivity contribution in [3.8, 4) is 0 Å². The molecule has 0 aliphatic carbocycles. The highest BCUT2D eigenvalue weighted by Gasteiger charge is 2.05. The third kappa shape index (κ3) is 1.57. The standard InChI is InChI=1S/C7H8N6S/c8-4-5(9)11-3-12-6(4)13-7-10-1-2-14-7/h1-3H,8H2,(H3,9,10,11,12,13). The molecule has 14 heavy (non-hydrogen) atoms. The van der Waals surface area contributed by atoms with Gasteiger partial charge in [-0.3, -0.25) is 0 Å². The highest BCUT2D eigenvalue weighted by Crippen LogP contribution is 2.24. The van der Waals surface area contributed by atoms with E-state index in [0.717, 1.165) is 5.13 Å². The first-order chi connectivity index (χ1) is 6.77. The number of rotatable bonds is 2. The van der Waals surface area contributed by atoms with Crippen LogP contribution in [0.2, 0.25) is 0 Å². The molecule has 0 aliphatic rings. The molecule has 72 valence electrons. The number of nitrogens with one attached hydrogen (secondary N) is 1. The van der Waals surface area contributed by atoms with Crippen molar-refractivity contribution in [3.63, 3.8) is 0 Å². The quantitative estimate of drug-likeness (QED) is 0.675. The predicted molar refractivity (Wildman–Crippen MR) is 56.3 cm³/mol. The van der Waals surface area contributed by atoms with Crippen LogP contribution in [0.25, 0.3) is 0 Å². The van der Waals surface area contributed by atoms with Crippen molar-refractivity contribution in [3.05, 3.63) is 17.9 Å². The predicted octanol–water partition coefficient (Wildman–Crippen LogP) is 0.841. The molecule has 2 aromatic heterocycles. The highest BCUT2D eigenvalue weighted by molar-refractivity contribution is 7.13. The Kier molecular flexibility index (Phi) is 2.15. The molecule has 0 spiro atoms. The Balaban J connectivity index is 2.29. The largest absolute Gasteiger partial charge is 0.393 e. The van der Waals surface area contributed by atoms with Crippen LogP contribution in [-0.4, -0.2) is 15.0 Å². The van der Waals surface area contributed by atoms with Gasteiger partial charge in [-0.25, -0.2) is 15.0 Å². The maximum absolute atomic E-state index is 5.66. The first kappa shape index (κ1) is 8.70. The molecule has 2 heterocycles. The molecule has 0 aliphatic heterocycles. The smallest absolute Gasteiger partial charge is 0.188 e. The van der Waals surface area contributed by atoms with Gasteiger partial charge in [-0.2, -0.15) is 0 Å². The fourth-order valence-corrected chi connectivity index (χ4v) is 1.42. The van der Waals surface area contributed by atoms with Crippen LogP contribution in [0.3, 0.4) is 0 Å². The van der Waals surface area contributed by atoms with Crippen molar-refractivity contribution in [2.45, 2.75) is 0 Å². The number of nitrogen functional groups attached to an aromatic ring is 2. The summed E-state index contributed by atoms with van der Waals surface area (Å²) in [6, 6.07) is 0. The summed E-state index contributed by atoms with van der Waals surface area (Å²) in [5.74, 6) is 0.742. The normalized spacial score (nSPS) is 10.0. The summed E-state index contributed by atoms with van der Waals surface area (Å²) in [7, 11) is 0. The monoisotopic (exact) mass is 208 g/mol. The van der Waals surface area contributed by atoms with Crippen LogP contribution in [-0.2, 0) is 0 Å². The topological polar surface area (TPSA) is 103 Å². The summed E-state index contributed by atoms with van der Waals surface area (Å²) in [6.07, 6.45) is 3.04. The molecule has 2 aromatic rings. The van der Waals surface area contributed by atoms with E-state index in [0.29, 0.717) is 11.5 Å². The Morgan fingerprint density at radius 2 is 2.07 bits per heavy atom. The molecule has 0 radical (unpaired) electrons. The number of hydrogen-bond donors (Lipinski definition) is 3. The van der Waals surface area contributed by atoms with E-state index in [-0.39, 0.29) is 5.82 Å². The van der Waals surface area contributed by atoms with Gasteiger partial charge in [0.05, 0.1) is 0 Å². The Labute approximate surface area is 84.0 Å². The molecular formula is C7H8N6S. The Morgan fingerprint density at radius 3 is 2.79 bits per heavy atom. The van der Waals surface area contributed by atoms with Crippen molar-refractivity contribution >= 4 is 33.8 Å². The Bertz CT molecular complexity index is 426. The van der Waals surface area contributed by atoms with Gasteiger partial charge in [-0.1, -0.05) is 0 Å². The van der Waals surface area contributed by atoms with E-state index in [1.165, 1.54) is 17.7 Å². The van der Waals surface area contributed by atoms with Crippen molar-refractivity contribution in [2.75, 3.05) is 16.8 Å². The molecule has 5 N–H and O–H groups in total. The molecule has 0 aromatic carbocycles. The van der Waals surface area contributed by atoms with Gasteiger partial charge in [-0.05, 0) is 0 Å². The summed E-state index contributed by atoms with van der Waals surface area (Å²) in [5.41, 5.74) is 11.5. The second-order valence-corrected chi connectivity index (χ2v) is 3.38. The maximum atomic E-state index is 5.66. The summed E-state index contributed by atoms with van der Waals surface area (Å²) >= 11 is 1.45. The zero-order chi connectivity index (χ0) is 9.97. The van der Waals surface area contributed by atoms with E-state index in [1.807, 2.05) is 5.38 Å².